The first-order chi connectivity index (χ1) is 10.0. The van der Waals surface area contributed by atoms with Crippen molar-refractivity contribution < 1.29 is 9.84 Å². The molecule has 0 bridgehead atoms. The SMILES string of the molecule is CCc1cc(COc2ccc(Br)cc2[C@@H](C)O)n(CC)n1. The standard InChI is InChI=1S/C16H21BrN2O2/c1-4-13-9-14(19(5-2)18-13)10-21-16-7-6-12(17)8-15(16)11(3)20/h6-9,11,20H,4-5,10H2,1-3H3/t11-/m1/s1. The Hall–Kier alpha value is -1.33. The number of rotatable bonds is 6. The van der Waals surface area contributed by atoms with E-state index >= 15 is 0 Å². The lowest BCUT2D eigenvalue weighted by Crippen LogP contribution is -2.07. The first-order valence-electron chi connectivity index (χ1n) is 7.21. The summed E-state index contributed by atoms with van der Waals surface area (Å²) in [4.78, 5) is 0. The third-order valence-corrected chi connectivity index (χ3v) is 3.87. The van der Waals surface area contributed by atoms with E-state index in [2.05, 4.69) is 40.9 Å². The Morgan fingerprint density at radius 2 is 2.10 bits per heavy atom. The van der Waals surface area contributed by atoms with E-state index in [-0.39, 0.29) is 0 Å². The second-order valence-electron chi connectivity index (χ2n) is 4.94. The van der Waals surface area contributed by atoms with Gasteiger partial charge in [-0.1, -0.05) is 22.9 Å². The fourth-order valence-corrected chi connectivity index (χ4v) is 2.59. The van der Waals surface area contributed by atoms with Gasteiger partial charge in [0, 0.05) is 16.6 Å². The lowest BCUT2D eigenvalue weighted by Gasteiger charge is -2.14. The summed E-state index contributed by atoms with van der Waals surface area (Å²) in [5, 5.41) is 14.4. The van der Waals surface area contributed by atoms with E-state index in [0.717, 1.165) is 34.4 Å². The van der Waals surface area contributed by atoms with Crippen molar-refractivity contribution >= 4 is 15.9 Å². The molecule has 0 unspecified atom stereocenters. The molecule has 1 heterocycles. The zero-order chi connectivity index (χ0) is 15.4. The van der Waals surface area contributed by atoms with Crippen molar-refractivity contribution in [2.24, 2.45) is 0 Å². The van der Waals surface area contributed by atoms with Crippen molar-refractivity contribution in [3.05, 3.63) is 45.7 Å². The third kappa shape index (κ3) is 3.86. The summed E-state index contributed by atoms with van der Waals surface area (Å²) >= 11 is 3.42. The van der Waals surface area contributed by atoms with Crippen LogP contribution < -0.4 is 4.74 Å². The molecule has 2 aromatic rings. The fraction of sp³-hybridized carbons (Fsp3) is 0.438. The monoisotopic (exact) mass is 352 g/mol. The number of aliphatic hydroxyl groups is 1. The molecule has 4 nitrogen and oxygen atoms in total. The zero-order valence-electron chi connectivity index (χ0n) is 12.6. The number of halogens is 1. The summed E-state index contributed by atoms with van der Waals surface area (Å²) in [6.45, 7) is 7.16. The predicted molar refractivity (Wildman–Crippen MR) is 86.4 cm³/mol. The number of ether oxygens (including phenoxy) is 1. The maximum Gasteiger partial charge on any atom is 0.130 e. The minimum atomic E-state index is -0.570. The molecule has 5 heteroatoms. The molecule has 1 atom stereocenters. The number of benzene rings is 1. The molecule has 0 saturated carbocycles. The molecular weight excluding hydrogens is 332 g/mol. The molecule has 0 aliphatic heterocycles. The lowest BCUT2D eigenvalue weighted by atomic mass is 10.1. The van der Waals surface area contributed by atoms with Crippen LogP contribution in [-0.4, -0.2) is 14.9 Å². The summed E-state index contributed by atoms with van der Waals surface area (Å²) in [5.74, 6) is 0.704. The van der Waals surface area contributed by atoms with Crippen LogP contribution >= 0.6 is 15.9 Å². The first-order valence-corrected chi connectivity index (χ1v) is 8.00. The van der Waals surface area contributed by atoms with Gasteiger partial charge in [-0.15, -0.1) is 0 Å². The average Bonchev–Trinajstić information content (AvgIpc) is 2.88. The van der Waals surface area contributed by atoms with Crippen molar-refractivity contribution in [2.75, 3.05) is 0 Å². The second kappa shape index (κ2) is 7.09. The van der Waals surface area contributed by atoms with Crippen LogP contribution in [0.5, 0.6) is 5.75 Å². The van der Waals surface area contributed by atoms with Crippen molar-refractivity contribution in [1.82, 2.24) is 9.78 Å². The van der Waals surface area contributed by atoms with Crippen LogP contribution in [0.15, 0.2) is 28.7 Å². The lowest BCUT2D eigenvalue weighted by molar-refractivity contribution is 0.189. The maximum absolute atomic E-state index is 9.85. The molecule has 0 saturated heterocycles. The minimum Gasteiger partial charge on any atom is -0.487 e. The van der Waals surface area contributed by atoms with E-state index in [1.54, 1.807) is 6.92 Å². The van der Waals surface area contributed by atoms with Crippen molar-refractivity contribution in [3.63, 3.8) is 0 Å². The molecule has 0 fully saturated rings. The van der Waals surface area contributed by atoms with Crippen molar-refractivity contribution in [2.45, 2.75) is 46.4 Å². The van der Waals surface area contributed by atoms with Crippen LogP contribution in [0.4, 0.5) is 0 Å². The number of aryl methyl sites for hydroxylation is 2. The zero-order valence-corrected chi connectivity index (χ0v) is 14.2. The molecule has 0 radical (unpaired) electrons. The van der Waals surface area contributed by atoms with E-state index in [9.17, 15) is 5.11 Å². The Labute approximate surface area is 133 Å². The number of aliphatic hydroxyl groups excluding tert-OH is 1. The highest BCUT2D eigenvalue weighted by Crippen LogP contribution is 2.29. The van der Waals surface area contributed by atoms with Gasteiger partial charge >= 0.3 is 0 Å². The summed E-state index contributed by atoms with van der Waals surface area (Å²) in [7, 11) is 0. The van der Waals surface area contributed by atoms with E-state index in [1.165, 1.54) is 0 Å². The normalized spacial score (nSPS) is 12.4. The van der Waals surface area contributed by atoms with Gasteiger partial charge in [-0.05, 0) is 44.5 Å². The van der Waals surface area contributed by atoms with Gasteiger partial charge in [-0.25, -0.2) is 0 Å². The van der Waals surface area contributed by atoms with Gasteiger partial charge in [0.05, 0.1) is 17.5 Å². The van der Waals surface area contributed by atoms with Crippen molar-refractivity contribution in [1.29, 1.82) is 0 Å². The van der Waals surface area contributed by atoms with Crippen LogP contribution in [0.2, 0.25) is 0 Å². The minimum absolute atomic E-state index is 0.447. The third-order valence-electron chi connectivity index (χ3n) is 3.37. The molecule has 1 aromatic carbocycles. The van der Waals surface area contributed by atoms with Gasteiger partial charge < -0.3 is 9.84 Å². The summed E-state index contributed by atoms with van der Waals surface area (Å²) in [6.07, 6.45) is 0.344. The van der Waals surface area contributed by atoms with E-state index < -0.39 is 6.10 Å². The van der Waals surface area contributed by atoms with Gasteiger partial charge in [-0.3, -0.25) is 4.68 Å². The fourth-order valence-electron chi connectivity index (χ4n) is 2.21. The quantitative estimate of drug-likeness (QED) is 0.858. The molecule has 0 amide bonds. The molecule has 114 valence electrons. The van der Waals surface area contributed by atoms with Gasteiger partial charge in [0.1, 0.15) is 12.4 Å². The highest BCUT2D eigenvalue weighted by atomic mass is 79.9. The molecule has 21 heavy (non-hydrogen) atoms. The van der Waals surface area contributed by atoms with Gasteiger partial charge in [0.25, 0.3) is 0 Å². The smallest absolute Gasteiger partial charge is 0.130 e. The van der Waals surface area contributed by atoms with Crippen LogP contribution in [0.3, 0.4) is 0 Å². The van der Waals surface area contributed by atoms with Gasteiger partial charge in [0.2, 0.25) is 0 Å². The number of aromatic nitrogens is 2. The summed E-state index contributed by atoms with van der Waals surface area (Å²) in [5.41, 5.74) is 2.90. The average molecular weight is 353 g/mol. The van der Waals surface area contributed by atoms with Crippen LogP contribution in [0, 0.1) is 0 Å². The Morgan fingerprint density at radius 3 is 2.71 bits per heavy atom. The van der Waals surface area contributed by atoms with E-state index in [0.29, 0.717) is 12.4 Å². The summed E-state index contributed by atoms with van der Waals surface area (Å²) in [6, 6.07) is 7.74. The van der Waals surface area contributed by atoms with E-state index in [1.807, 2.05) is 22.9 Å². The molecular formula is C16H21BrN2O2. The first kappa shape index (κ1) is 16.0. The molecule has 2 rings (SSSR count). The largest absolute Gasteiger partial charge is 0.487 e. The molecule has 0 spiro atoms. The Bertz CT molecular complexity index is 608. The molecule has 1 aromatic heterocycles. The Balaban J connectivity index is 2.18. The van der Waals surface area contributed by atoms with Gasteiger partial charge in [0.15, 0.2) is 0 Å². The van der Waals surface area contributed by atoms with Crippen LogP contribution in [0.1, 0.15) is 43.8 Å². The number of hydrogen-bond acceptors (Lipinski definition) is 3. The molecule has 0 aliphatic carbocycles. The highest BCUT2D eigenvalue weighted by Gasteiger charge is 2.12. The van der Waals surface area contributed by atoms with E-state index in [4.69, 9.17) is 4.74 Å². The summed E-state index contributed by atoms with van der Waals surface area (Å²) < 4.78 is 8.78. The van der Waals surface area contributed by atoms with Gasteiger partial charge in [-0.2, -0.15) is 5.10 Å². The maximum atomic E-state index is 9.85. The van der Waals surface area contributed by atoms with Crippen LogP contribution in [-0.2, 0) is 19.6 Å². The van der Waals surface area contributed by atoms with Crippen LogP contribution in [0.25, 0.3) is 0 Å². The Kier molecular flexibility index (Phi) is 5.42. The van der Waals surface area contributed by atoms with Crippen molar-refractivity contribution in [3.8, 4) is 5.75 Å². The number of nitrogens with zero attached hydrogens (tertiary/aromatic N) is 2. The molecule has 0 aliphatic rings. The predicted octanol–water partition coefficient (Wildman–Crippen LogP) is 3.86. The topological polar surface area (TPSA) is 47.3 Å². The number of hydrogen-bond donors (Lipinski definition) is 1. The second-order valence-corrected chi connectivity index (χ2v) is 5.86. The highest BCUT2D eigenvalue weighted by molar-refractivity contribution is 9.10. The molecule has 1 N–H and O–H groups in total. The Morgan fingerprint density at radius 1 is 1.33 bits per heavy atom.